The number of nitrogens with one attached hydrogen (secondary N) is 2. The van der Waals surface area contributed by atoms with Crippen LogP contribution in [0.25, 0.3) is 0 Å². The molecule has 4 aromatic rings. The second-order valence-electron chi connectivity index (χ2n) is 16.7. The molecule has 6 aliphatic heterocycles. The Kier molecular flexibility index (Phi) is 9.20. The summed E-state index contributed by atoms with van der Waals surface area (Å²) in [5.74, 6) is 0.493. The molecule has 2 aromatic heterocycles. The summed E-state index contributed by atoms with van der Waals surface area (Å²) in [6, 6.07) is 19.6. The molecule has 2 aromatic carbocycles. The lowest BCUT2D eigenvalue weighted by Gasteiger charge is -2.54. The number of aromatic nitrogens is 2. The zero-order valence-corrected chi connectivity index (χ0v) is 32.7. The van der Waals surface area contributed by atoms with Crippen LogP contribution in [-0.2, 0) is 0 Å². The molecule has 4 saturated heterocycles. The Balaban J connectivity index is 0.000000148. The van der Waals surface area contributed by atoms with Crippen LogP contribution >= 0.6 is 0 Å². The highest BCUT2D eigenvalue weighted by atomic mass is 16.2. The number of likely N-dealkylation sites (tertiary alicyclic amines) is 4. The van der Waals surface area contributed by atoms with Gasteiger partial charge in [0.25, 0.3) is 11.8 Å². The van der Waals surface area contributed by atoms with Gasteiger partial charge >= 0.3 is 12.1 Å². The Bertz CT molecular complexity index is 2250. The van der Waals surface area contributed by atoms with E-state index in [0.717, 1.165) is 83.6 Å². The number of piperidine rings is 2. The Labute approximate surface area is 332 Å². The smallest absolute Gasteiger partial charge is 0.323 e. The third-order valence-electron chi connectivity index (χ3n) is 12.6. The maximum absolute atomic E-state index is 13.6. The molecule has 4 fully saturated rings. The number of carbonyl (C=O) groups is 4. The molecule has 8 heterocycles. The molecule has 6 aliphatic rings. The number of nitrogens with zero attached hydrogens (tertiary/aromatic N) is 8. The van der Waals surface area contributed by atoms with E-state index in [-0.39, 0.29) is 34.7 Å². The largest absolute Gasteiger partial charge is 0.330 e. The van der Waals surface area contributed by atoms with Crippen molar-refractivity contribution in [2.75, 3.05) is 86.9 Å². The van der Waals surface area contributed by atoms with Gasteiger partial charge in [0.1, 0.15) is 0 Å². The Morgan fingerprint density at radius 3 is 1.56 bits per heavy atom. The van der Waals surface area contributed by atoms with E-state index in [1.165, 1.54) is 0 Å². The minimum Gasteiger partial charge on any atom is -0.323 e. The number of urea groups is 2. The van der Waals surface area contributed by atoms with Crippen molar-refractivity contribution in [1.29, 1.82) is 0 Å². The summed E-state index contributed by atoms with van der Waals surface area (Å²) in [5, 5.41) is 5.79. The number of aryl methyl sites for hydroxylation is 1. The first-order valence-corrected chi connectivity index (χ1v) is 19.8. The predicted molar refractivity (Wildman–Crippen MR) is 219 cm³/mol. The van der Waals surface area contributed by atoms with E-state index in [9.17, 15) is 19.2 Å². The van der Waals surface area contributed by atoms with Gasteiger partial charge in [-0.05, 0) is 121 Å². The molecule has 0 unspecified atom stereocenters. The number of hydrogen-bond acceptors (Lipinski definition) is 8. The number of hydrogen-bond donors (Lipinski definition) is 2. The highest BCUT2D eigenvalue weighted by Crippen LogP contribution is 2.45. The van der Waals surface area contributed by atoms with Crippen molar-refractivity contribution < 1.29 is 19.2 Å². The molecule has 294 valence electrons. The molecule has 0 bridgehead atoms. The van der Waals surface area contributed by atoms with Gasteiger partial charge in [-0.1, -0.05) is 23.8 Å². The molecular formula is C43H48N10O4. The standard InChI is InChI=1S/C22H25N5O2.C21H23N5O2/c1-15-5-6-18-16(12-15)20(28)24-17-4-3-9-23-19(17)27(18)21(29)26-13-22(14-26)7-10-25(2)11-8-22;1-24-11-8-21(9-12-24)13-25(14-21)20(28)26-17-7-3-2-5-15(17)19(27)23-16-6-4-10-22-18(16)26/h3-6,9,12H,7-8,10-11,13-14H2,1-2H3,(H,24,28);2-7,10H,8-9,11-14H2,1H3,(H,23,27). The number of fused-ring (bicyclic) bond motifs is 4. The Hall–Kier alpha value is -5.86. The fraction of sp³-hybridized carbons (Fsp3) is 0.395. The van der Waals surface area contributed by atoms with Gasteiger partial charge in [-0.2, -0.15) is 0 Å². The van der Waals surface area contributed by atoms with Gasteiger partial charge in [0.05, 0.1) is 33.9 Å². The van der Waals surface area contributed by atoms with Crippen LogP contribution < -0.4 is 20.4 Å². The number of benzene rings is 2. The van der Waals surface area contributed by atoms with Crippen molar-refractivity contribution in [3.8, 4) is 0 Å². The molecule has 2 N–H and O–H groups in total. The number of anilines is 6. The molecule has 14 nitrogen and oxygen atoms in total. The number of para-hydroxylation sites is 1. The molecule has 0 saturated carbocycles. The second kappa shape index (κ2) is 14.3. The van der Waals surface area contributed by atoms with Crippen LogP contribution in [0.2, 0.25) is 0 Å². The summed E-state index contributed by atoms with van der Waals surface area (Å²) in [4.78, 5) is 73.1. The van der Waals surface area contributed by atoms with Gasteiger partial charge in [-0.3, -0.25) is 9.59 Å². The monoisotopic (exact) mass is 768 g/mol. The van der Waals surface area contributed by atoms with Crippen LogP contribution in [0.15, 0.2) is 79.1 Å². The third kappa shape index (κ3) is 6.65. The highest BCUT2D eigenvalue weighted by Gasteiger charge is 2.50. The molecule has 14 heteroatoms. The molecule has 6 amide bonds. The quantitative estimate of drug-likeness (QED) is 0.217. The number of carbonyl (C=O) groups excluding carboxylic acids is 4. The summed E-state index contributed by atoms with van der Waals surface area (Å²) in [6.07, 6.45) is 7.79. The van der Waals surface area contributed by atoms with Gasteiger partial charge in [0.15, 0.2) is 11.6 Å². The minimum atomic E-state index is -0.226. The van der Waals surface area contributed by atoms with Crippen molar-refractivity contribution in [1.82, 2.24) is 29.6 Å². The van der Waals surface area contributed by atoms with Crippen LogP contribution in [-0.4, -0.2) is 120 Å². The van der Waals surface area contributed by atoms with E-state index < -0.39 is 0 Å². The summed E-state index contributed by atoms with van der Waals surface area (Å²) >= 11 is 0. The van der Waals surface area contributed by atoms with E-state index in [0.29, 0.717) is 45.5 Å². The third-order valence-corrected chi connectivity index (χ3v) is 12.6. The normalized spacial score (nSPS) is 20.5. The van der Waals surface area contributed by atoms with Gasteiger partial charge < -0.3 is 30.2 Å². The number of pyridine rings is 2. The van der Waals surface area contributed by atoms with E-state index in [1.54, 1.807) is 52.5 Å². The van der Waals surface area contributed by atoms with Gasteiger partial charge in [0.2, 0.25) is 0 Å². The first-order chi connectivity index (χ1) is 27.5. The minimum absolute atomic E-state index is 0.115. The van der Waals surface area contributed by atoms with Crippen LogP contribution in [0.1, 0.15) is 52.0 Å². The Morgan fingerprint density at radius 2 is 1.05 bits per heavy atom. The van der Waals surface area contributed by atoms with E-state index in [1.807, 2.05) is 53.1 Å². The lowest BCUT2D eigenvalue weighted by molar-refractivity contribution is -0.0141. The van der Waals surface area contributed by atoms with Crippen molar-refractivity contribution in [3.63, 3.8) is 0 Å². The lowest BCUT2D eigenvalue weighted by atomic mass is 9.72. The van der Waals surface area contributed by atoms with Crippen molar-refractivity contribution in [2.24, 2.45) is 10.8 Å². The van der Waals surface area contributed by atoms with E-state index in [4.69, 9.17) is 0 Å². The van der Waals surface area contributed by atoms with Crippen molar-refractivity contribution >= 4 is 58.3 Å². The summed E-state index contributed by atoms with van der Waals surface area (Å²) in [5.41, 5.74) is 4.68. The van der Waals surface area contributed by atoms with Crippen LogP contribution in [0, 0.1) is 17.8 Å². The molecule has 0 radical (unpaired) electrons. The van der Waals surface area contributed by atoms with Crippen molar-refractivity contribution in [2.45, 2.75) is 32.6 Å². The van der Waals surface area contributed by atoms with Crippen LogP contribution in [0.4, 0.5) is 44.0 Å². The molecule has 0 aliphatic carbocycles. The average molecular weight is 769 g/mol. The SMILES string of the molecule is CN1CCC2(CC1)CN(C(=O)N1c3ccccc3C(=O)Nc3cccnc31)C2.Cc1ccc2c(c1)C(=O)Nc1cccnc1N2C(=O)N1CC2(CCN(C)CC2)C1. The fourth-order valence-electron chi connectivity index (χ4n) is 9.13. The summed E-state index contributed by atoms with van der Waals surface area (Å²) in [7, 11) is 4.30. The maximum Gasteiger partial charge on any atom is 0.330 e. The Morgan fingerprint density at radius 1 is 0.596 bits per heavy atom. The van der Waals surface area contributed by atoms with Gasteiger partial charge in [-0.25, -0.2) is 29.4 Å². The predicted octanol–water partition coefficient (Wildman–Crippen LogP) is 6.17. The zero-order valence-electron chi connectivity index (χ0n) is 32.7. The highest BCUT2D eigenvalue weighted by molar-refractivity contribution is 6.18. The van der Waals surface area contributed by atoms with Crippen LogP contribution in [0.3, 0.4) is 0 Å². The summed E-state index contributed by atoms with van der Waals surface area (Å²) in [6.45, 7) is 9.32. The molecule has 2 spiro atoms. The van der Waals surface area contributed by atoms with Gasteiger partial charge in [0, 0.05) is 49.4 Å². The fourth-order valence-corrected chi connectivity index (χ4v) is 9.13. The molecule has 10 rings (SSSR count). The van der Waals surface area contributed by atoms with E-state index in [2.05, 4.69) is 44.5 Å². The maximum atomic E-state index is 13.6. The average Bonchev–Trinajstić information content (AvgIpc) is 3.39. The van der Waals surface area contributed by atoms with E-state index >= 15 is 0 Å². The second-order valence-corrected chi connectivity index (χ2v) is 16.7. The van der Waals surface area contributed by atoms with Crippen molar-refractivity contribution in [3.05, 3.63) is 95.8 Å². The summed E-state index contributed by atoms with van der Waals surface area (Å²) < 4.78 is 0. The van der Waals surface area contributed by atoms with Crippen LogP contribution in [0.5, 0.6) is 0 Å². The molecule has 0 atom stereocenters. The number of amides is 6. The number of rotatable bonds is 0. The molecule has 57 heavy (non-hydrogen) atoms. The van der Waals surface area contributed by atoms with Gasteiger partial charge in [-0.15, -0.1) is 0 Å². The first kappa shape index (κ1) is 36.8. The first-order valence-electron chi connectivity index (χ1n) is 19.8. The topological polar surface area (TPSA) is 138 Å². The lowest BCUT2D eigenvalue weighted by Crippen LogP contribution is -2.63. The zero-order chi connectivity index (χ0) is 39.5. The molecular weight excluding hydrogens is 721 g/mol.